The monoisotopic (exact) mass is 239 g/mol. The Morgan fingerprint density at radius 1 is 1.24 bits per heavy atom. The Kier molecular flexibility index (Phi) is 4.19. The molecule has 1 saturated heterocycles. The van der Waals surface area contributed by atoms with E-state index in [0.29, 0.717) is 19.0 Å². The first kappa shape index (κ1) is 12.2. The van der Waals surface area contributed by atoms with Crippen LogP contribution < -0.4 is 9.39 Å². The fraction of sp³-hybridized carbons (Fsp3) is 0.500. The van der Waals surface area contributed by atoms with Crippen LogP contribution >= 0.6 is 0 Å². The molecule has 0 saturated carbocycles. The van der Waals surface area contributed by atoms with Crippen LogP contribution in [0.1, 0.15) is 12.8 Å². The lowest BCUT2D eigenvalue weighted by Crippen LogP contribution is -2.26. The van der Waals surface area contributed by atoms with Gasteiger partial charge >= 0.3 is 7.32 Å². The third-order valence-electron chi connectivity index (χ3n) is 2.40. The van der Waals surface area contributed by atoms with Crippen molar-refractivity contribution in [1.29, 1.82) is 0 Å². The Labute approximate surface area is 99.3 Å². The summed E-state index contributed by atoms with van der Waals surface area (Å²) in [6.45, 7) is 1.40. The first-order valence-electron chi connectivity index (χ1n) is 5.46. The summed E-state index contributed by atoms with van der Waals surface area (Å²) in [6, 6.07) is 1.57. The molecule has 1 aromatic rings. The van der Waals surface area contributed by atoms with Crippen LogP contribution in [0.25, 0.3) is 0 Å². The Bertz CT molecular complexity index is 356. The van der Waals surface area contributed by atoms with Crippen LogP contribution in [-0.2, 0) is 4.74 Å². The number of hydrogen-bond acceptors (Lipinski definition) is 6. The Balaban J connectivity index is 1.95. The standard InChI is InChI=1S/C10H14BNO5/c13-11(14)17-10-5-9(6-12-7-10)16-8-1-3-15-4-2-8/h5-8,13-14H,1-4H2. The molecule has 7 heteroatoms. The lowest BCUT2D eigenvalue weighted by Gasteiger charge is -2.23. The topological polar surface area (TPSA) is 81.0 Å². The minimum Gasteiger partial charge on any atom is -0.511 e. The third kappa shape index (κ3) is 3.88. The smallest absolute Gasteiger partial charge is 0.511 e. The Morgan fingerprint density at radius 3 is 2.65 bits per heavy atom. The zero-order valence-corrected chi connectivity index (χ0v) is 9.28. The van der Waals surface area contributed by atoms with Crippen molar-refractivity contribution in [1.82, 2.24) is 4.98 Å². The molecule has 0 aliphatic carbocycles. The van der Waals surface area contributed by atoms with Gasteiger partial charge in [0.1, 0.15) is 17.6 Å². The predicted molar refractivity (Wildman–Crippen MR) is 59.5 cm³/mol. The summed E-state index contributed by atoms with van der Waals surface area (Å²) in [6.07, 6.45) is 4.74. The first-order valence-corrected chi connectivity index (χ1v) is 5.46. The summed E-state index contributed by atoms with van der Waals surface area (Å²) in [5.74, 6) is 0.805. The number of hydrogen-bond donors (Lipinski definition) is 2. The van der Waals surface area contributed by atoms with Crippen LogP contribution in [0.3, 0.4) is 0 Å². The SMILES string of the molecule is OB(O)Oc1cncc(OC2CCOCC2)c1. The minimum atomic E-state index is -1.85. The zero-order chi connectivity index (χ0) is 12.1. The number of pyridine rings is 1. The van der Waals surface area contributed by atoms with E-state index in [1.54, 1.807) is 12.3 Å². The number of ether oxygens (including phenoxy) is 2. The fourth-order valence-corrected chi connectivity index (χ4v) is 1.64. The van der Waals surface area contributed by atoms with E-state index in [9.17, 15) is 0 Å². The van der Waals surface area contributed by atoms with Crippen LogP contribution in [0, 0.1) is 0 Å². The summed E-state index contributed by atoms with van der Waals surface area (Å²) in [4.78, 5) is 3.90. The largest absolute Gasteiger partial charge is 0.707 e. The average molecular weight is 239 g/mol. The molecule has 0 atom stereocenters. The van der Waals surface area contributed by atoms with E-state index in [4.69, 9.17) is 19.5 Å². The molecule has 1 aliphatic heterocycles. The van der Waals surface area contributed by atoms with Crippen molar-refractivity contribution in [3.8, 4) is 11.5 Å². The van der Waals surface area contributed by atoms with Crippen LogP contribution in [0.15, 0.2) is 18.5 Å². The number of nitrogens with zero attached hydrogens (tertiary/aromatic N) is 1. The molecule has 6 nitrogen and oxygen atoms in total. The van der Waals surface area contributed by atoms with E-state index >= 15 is 0 Å². The van der Waals surface area contributed by atoms with Gasteiger partial charge in [0.25, 0.3) is 0 Å². The highest BCUT2D eigenvalue weighted by molar-refractivity contribution is 6.33. The molecule has 0 aromatic carbocycles. The van der Waals surface area contributed by atoms with Gasteiger partial charge in [0.2, 0.25) is 0 Å². The highest BCUT2D eigenvalue weighted by Gasteiger charge is 2.16. The van der Waals surface area contributed by atoms with Gasteiger partial charge in [-0.25, -0.2) is 0 Å². The zero-order valence-electron chi connectivity index (χ0n) is 9.28. The molecule has 1 fully saturated rings. The van der Waals surface area contributed by atoms with E-state index in [1.807, 2.05) is 0 Å². The molecule has 92 valence electrons. The second-order valence-electron chi connectivity index (χ2n) is 3.73. The lowest BCUT2D eigenvalue weighted by molar-refractivity contribution is 0.0254. The quantitative estimate of drug-likeness (QED) is 0.719. The van der Waals surface area contributed by atoms with Crippen LogP contribution in [-0.4, -0.2) is 41.7 Å². The molecular formula is C10H14BNO5. The molecule has 0 bridgehead atoms. The van der Waals surface area contributed by atoms with Crippen LogP contribution in [0.5, 0.6) is 11.5 Å². The lowest BCUT2D eigenvalue weighted by atomic mass is 10.1. The molecule has 2 heterocycles. The fourth-order valence-electron chi connectivity index (χ4n) is 1.64. The number of rotatable bonds is 4. The summed E-state index contributed by atoms with van der Waals surface area (Å²) in [5, 5.41) is 17.3. The maximum absolute atomic E-state index is 8.67. The van der Waals surface area contributed by atoms with Gasteiger partial charge in [-0.15, -0.1) is 0 Å². The van der Waals surface area contributed by atoms with Crippen molar-refractivity contribution in [3.05, 3.63) is 18.5 Å². The van der Waals surface area contributed by atoms with Crippen molar-refractivity contribution in [2.24, 2.45) is 0 Å². The summed E-state index contributed by atoms with van der Waals surface area (Å²) in [5.41, 5.74) is 0. The van der Waals surface area contributed by atoms with Crippen LogP contribution in [0.2, 0.25) is 0 Å². The summed E-state index contributed by atoms with van der Waals surface area (Å²) >= 11 is 0. The normalized spacial score (nSPS) is 16.6. The maximum Gasteiger partial charge on any atom is 0.707 e. The highest BCUT2D eigenvalue weighted by Crippen LogP contribution is 2.21. The van der Waals surface area contributed by atoms with Gasteiger partial charge in [-0.2, -0.15) is 0 Å². The average Bonchev–Trinajstić information content (AvgIpc) is 2.30. The van der Waals surface area contributed by atoms with Gasteiger partial charge in [-0.05, 0) is 0 Å². The van der Waals surface area contributed by atoms with Crippen molar-refractivity contribution >= 4 is 7.32 Å². The van der Waals surface area contributed by atoms with Gasteiger partial charge in [0.05, 0.1) is 25.6 Å². The second-order valence-corrected chi connectivity index (χ2v) is 3.73. The second kappa shape index (κ2) is 5.86. The van der Waals surface area contributed by atoms with E-state index in [1.165, 1.54) is 6.20 Å². The van der Waals surface area contributed by atoms with E-state index < -0.39 is 7.32 Å². The molecule has 1 aromatic heterocycles. The summed E-state index contributed by atoms with van der Waals surface area (Å²) < 4.78 is 15.6. The molecule has 1 aliphatic rings. The first-order chi connectivity index (χ1) is 8.24. The molecule has 2 rings (SSSR count). The van der Waals surface area contributed by atoms with E-state index in [-0.39, 0.29) is 11.9 Å². The van der Waals surface area contributed by atoms with E-state index in [2.05, 4.69) is 9.64 Å². The molecule has 0 spiro atoms. The molecular weight excluding hydrogens is 225 g/mol. The van der Waals surface area contributed by atoms with Crippen LogP contribution in [0.4, 0.5) is 0 Å². The molecule has 17 heavy (non-hydrogen) atoms. The van der Waals surface area contributed by atoms with Crippen molar-refractivity contribution in [2.75, 3.05) is 13.2 Å². The van der Waals surface area contributed by atoms with Gasteiger partial charge in [0, 0.05) is 18.9 Å². The maximum atomic E-state index is 8.67. The number of aromatic nitrogens is 1. The highest BCUT2D eigenvalue weighted by atomic mass is 16.6. The minimum absolute atomic E-state index is 0.111. The third-order valence-corrected chi connectivity index (χ3v) is 2.40. The van der Waals surface area contributed by atoms with Gasteiger partial charge in [0.15, 0.2) is 0 Å². The molecule has 0 amide bonds. The summed E-state index contributed by atoms with van der Waals surface area (Å²) in [7, 11) is -1.85. The molecule has 0 unspecified atom stereocenters. The van der Waals surface area contributed by atoms with Crippen molar-refractivity contribution in [3.63, 3.8) is 0 Å². The Hall–Kier alpha value is -1.31. The van der Waals surface area contributed by atoms with Crippen molar-refractivity contribution < 1.29 is 24.2 Å². The Morgan fingerprint density at radius 2 is 1.94 bits per heavy atom. The van der Waals surface area contributed by atoms with Gasteiger partial charge in [-0.1, -0.05) is 0 Å². The molecule has 0 radical (unpaired) electrons. The predicted octanol–water partition coefficient (Wildman–Crippen LogP) is -0.0123. The van der Waals surface area contributed by atoms with Gasteiger partial charge in [-0.3, -0.25) is 4.98 Å². The van der Waals surface area contributed by atoms with Gasteiger partial charge < -0.3 is 24.2 Å². The molecule has 2 N–H and O–H groups in total. The van der Waals surface area contributed by atoms with E-state index in [0.717, 1.165) is 12.8 Å². The van der Waals surface area contributed by atoms with Crippen molar-refractivity contribution in [2.45, 2.75) is 18.9 Å².